The fraction of sp³-hybridized carbons (Fsp3) is 0.182. The van der Waals surface area contributed by atoms with Crippen LogP contribution < -0.4 is 35.2 Å². The van der Waals surface area contributed by atoms with Gasteiger partial charge in [0, 0.05) is 0 Å². The standard InChI is InChI=1S/C21H23.C12H7Si.2ClH.Zr/c1-4-15(3)19-13-18-12-11-16(5-2)21(20(18)14-19)17-9-7-6-8-10-17;1-3-7-11-9(5-1)10-6-2-4-8-12(10)13-11;;;/h6-15H,4-5H2,1-3H3;1-7H;2*1H;/q2*-1;;;+4/p-2. The van der Waals surface area contributed by atoms with Crippen LogP contribution in [-0.2, 0) is 32.6 Å². The van der Waals surface area contributed by atoms with Gasteiger partial charge in [0.1, 0.15) is 0 Å². The van der Waals surface area contributed by atoms with Crippen LogP contribution in [0, 0.1) is 6.07 Å². The summed E-state index contributed by atoms with van der Waals surface area (Å²) < 4.78 is 0. The number of rotatable bonds is 4. The van der Waals surface area contributed by atoms with Crippen molar-refractivity contribution in [3.05, 3.63) is 114 Å². The van der Waals surface area contributed by atoms with Crippen molar-refractivity contribution in [2.75, 3.05) is 0 Å². The van der Waals surface area contributed by atoms with E-state index in [9.17, 15) is 0 Å². The fourth-order valence-corrected chi connectivity index (χ4v) is 6.15. The van der Waals surface area contributed by atoms with Crippen LogP contribution in [0.5, 0.6) is 0 Å². The van der Waals surface area contributed by atoms with Crippen molar-refractivity contribution in [2.24, 2.45) is 0 Å². The maximum Gasteiger partial charge on any atom is 4.00 e. The number of hydrogen-bond acceptors (Lipinski definition) is 0. The van der Waals surface area contributed by atoms with Gasteiger partial charge in [0.05, 0.1) is 9.52 Å². The third-order valence-electron chi connectivity index (χ3n) is 6.96. The van der Waals surface area contributed by atoms with Crippen molar-refractivity contribution in [3.63, 3.8) is 0 Å². The van der Waals surface area contributed by atoms with Gasteiger partial charge in [-0.2, -0.15) is 35.5 Å². The summed E-state index contributed by atoms with van der Waals surface area (Å²) in [7, 11) is 0.795. The predicted octanol–water partition coefficient (Wildman–Crippen LogP) is 1.43. The zero-order valence-electron chi connectivity index (χ0n) is 21.5. The van der Waals surface area contributed by atoms with Crippen LogP contribution >= 0.6 is 0 Å². The normalized spacial score (nSPS) is 11.5. The molecule has 0 saturated carbocycles. The third-order valence-corrected chi connectivity index (χ3v) is 8.33. The summed E-state index contributed by atoms with van der Waals surface area (Å²) in [4.78, 5) is 0. The quantitative estimate of drug-likeness (QED) is 0.208. The van der Waals surface area contributed by atoms with Crippen LogP contribution in [0.3, 0.4) is 0 Å². The molecular formula is C33H30Cl2SiZr. The summed E-state index contributed by atoms with van der Waals surface area (Å²) in [6, 6.07) is 38.3. The molecule has 1 aliphatic rings. The van der Waals surface area contributed by atoms with E-state index >= 15 is 0 Å². The van der Waals surface area contributed by atoms with Gasteiger partial charge in [-0.1, -0.05) is 104 Å². The molecule has 1 atom stereocenters. The van der Waals surface area contributed by atoms with E-state index in [-0.39, 0.29) is 51.0 Å². The monoisotopic (exact) mass is 614 g/mol. The molecule has 37 heavy (non-hydrogen) atoms. The van der Waals surface area contributed by atoms with Crippen LogP contribution in [0.1, 0.15) is 44.2 Å². The molecule has 0 saturated heterocycles. The second-order valence-corrected chi connectivity index (χ2v) is 10.3. The van der Waals surface area contributed by atoms with E-state index in [4.69, 9.17) is 0 Å². The molecular weight excluding hydrogens is 587 g/mol. The second kappa shape index (κ2) is 14.4. The van der Waals surface area contributed by atoms with Gasteiger partial charge in [-0.15, -0.1) is 40.1 Å². The minimum atomic E-state index is 0. The fourth-order valence-electron chi connectivity index (χ4n) is 4.84. The van der Waals surface area contributed by atoms with Gasteiger partial charge in [-0.3, -0.25) is 0 Å². The number of halogens is 2. The van der Waals surface area contributed by atoms with Gasteiger partial charge >= 0.3 is 26.2 Å². The molecule has 5 aromatic rings. The minimum absolute atomic E-state index is 0. The first-order valence-electron chi connectivity index (χ1n) is 12.3. The van der Waals surface area contributed by atoms with Gasteiger partial charge in [0.2, 0.25) is 0 Å². The molecule has 0 spiro atoms. The molecule has 0 amide bonds. The smallest absolute Gasteiger partial charge is 1.00 e. The molecule has 1 heterocycles. The first kappa shape index (κ1) is 31.4. The van der Waals surface area contributed by atoms with E-state index in [0.29, 0.717) is 5.92 Å². The largest absolute Gasteiger partial charge is 4.00 e. The van der Waals surface area contributed by atoms with E-state index in [1.807, 2.05) is 6.07 Å². The molecule has 0 fully saturated rings. The Kier molecular flexibility index (Phi) is 12.2. The maximum absolute atomic E-state index is 3.31. The molecule has 4 heteroatoms. The van der Waals surface area contributed by atoms with Gasteiger partial charge in [0.25, 0.3) is 0 Å². The van der Waals surface area contributed by atoms with E-state index in [1.165, 1.54) is 60.9 Å². The van der Waals surface area contributed by atoms with E-state index in [0.717, 1.165) is 15.9 Å². The maximum atomic E-state index is 3.31. The number of benzene rings is 4. The number of fused-ring (bicyclic) bond motifs is 4. The summed E-state index contributed by atoms with van der Waals surface area (Å²) in [6.45, 7) is 6.82. The van der Waals surface area contributed by atoms with Crippen LogP contribution in [0.25, 0.3) is 33.0 Å². The van der Waals surface area contributed by atoms with Crippen LogP contribution in [-0.4, -0.2) is 9.52 Å². The SMILES string of the molecule is CCc1ccc2[cH-]c(C(C)CC)cc2c1-c1ccccc1.[Cl-].[Cl-].[Zr+4].[c-]1cccc2c1[Si]c1ccccc1-2. The molecule has 0 aliphatic carbocycles. The summed E-state index contributed by atoms with van der Waals surface area (Å²) >= 11 is 0. The van der Waals surface area contributed by atoms with Gasteiger partial charge in [-0.05, 0) is 17.9 Å². The van der Waals surface area contributed by atoms with Crippen molar-refractivity contribution in [1.82, 2.24) is 0 Å². The molecule has 1 unspecified atom stereocenters. The van der Waals surface area contributed by atoms with Crippen molar-refractivity contribution in [1.29, 1.82) is 0 Å². The first-order valence-corrected chi connectivity index (χ1v) is 13.3. The van der Waals surface area contributed by atoms with Crippen molar-refractivity contribution >= 4 is 30.7 Å². The van der Waals surface area contributed by atoms with E-state index in [2.05, 4.69) is 118 Å². The van der Waals surface area contributed by atoms with Gasteiger partial charge in [-0.25, -0.2) is 0 Å². The number of hydrogen-bond donors (Lipinski definition) is 0. The Morgan fingerprint density at radius 2 is 1.54 bits per heavy atom. The van der Waals surface area contributed by atoms with Crippen molar-refractivity contribution < 1.29 is 51.0 Å². The van der Waals surface area contributed by atoms with Crippen LogP contribution in [0.2, 0.25) is 0 Å². The van der Waals surface area contributed by atoms with Crippen LogP contribution in [0.4, 0.5) is 0 Å². The Hall–Kier alpha value is -1.83. The molecule has 5 aromatic carbocycles. The first-order chi connectivity index (χ1) is 16.7. The molecule has 0 nitrogen and oxygen atoms in total. The topological polar surface area (TPSA) is 0 Å². The Balaban J connectivity index is 0.000000261. The predicted molar refractivity (Wildman–Crippen MR) is 149 cm³/mol. The third kappa shape index (κ3) is 6.61. The summed E-state index contributed by atoms with van der Waals surface area (Å²) in [5.41, 5.74) is 8.43. The Morgan fingerprint density at radius 3 is 2.27 bits per heavy atom. The van der Waals surface area contributed by atoms with E-state index < -0.39 is 0 Å². The minimum Gasteiger partial charge on any atom is -1.00 e. The van der Waals surface area contributed by atoms with Gasteiger partial charge in [0.15, 0.2) is 0 Å². The van der Waals surface area contributed by atoms with Crippen LogP contribution in [0.15, 0.2) is 97.1 Å². The number of aryl methyl sites for hydroxylation is 1. The molecule has 0 aromatic heterocycles. The van der Waals surface area contributed by atoms with E-state index in [1.54, 1.807) is 0 Å². The molecule has 1 aliphatic heterocycles. The summed E-state index contributed by atoms with van der Waals surface area (Å²) in [6.07, 6.45) is 2.27. The molecule has 0 bridgehead atoms. The molecule has 2 radical (unpaired) electrons. The van der Waals surface area contributed by atoms with Gasteiger partial charge < -0.3 is 24.8 Å². The summed E-state index contributed by atoms with van der Waals surface area (Å²) in [5, 5.41) is 5.61. The second-order valence-electron chi connectivity index (χ2n) is 9.05. The Morgan fingerprint density at radius 1 is 0.838 bits per heavy atom. The van der Waals surface area contributed by atoms with Crippen molar-refractivity contribution in [3.8, 4) is 22.3 Å². The van der Waals surface area contributed by atoms with Crippen molar-refractivity contribution in [2.45, 2.75) is 39.5 Å². The Labute approximate surface area is 256 Å². The zero-order valence-corrected chi connectivity index (χ0v) is 26.5. The molecule has 184 valence electrons. The molecule has 6 rings (SSSR count). The summed E-state index contributed by atoms with van der Waals surface area (Å²) in [5.74, 6) is 0.631. The Bertz CT molecular complexity index is 1380. The molecule has 0 N–H and O–H groups in total. The zero-order chi connectivity index (χ0) is 23.5. The average Bonchev–Trinajstić information content (AvgIpc) is 3.50. The average molecular weight is 617 g/mol.